The number of alkyl halides is 1. The number of carbonyl (C=O) groups is 1. The van der Waals surface area contributed by atoms with Gasteiger partial charge in [0.05, 0.1) is 0 Å². The van der Waals surface area contributed by atoms with Crippen molar-refractivity contribution >= 4 is 16.0 Å². The number of hydrogen-bond donors (Lipinski definition) is 1. The van der Waals surface area contributed by atoms with Gasteiger partial charge in [-0.15, -0.1) is 0 Å². The summed E-state index contributed by atoms with van der Waals surface area (Å²) in [6.45, 7) is 0. The van der Waals surface area contributed by atoms with Gasteiger partial charge < -0.3 is 4.90 Å². The Kier molecular flexibility index (Phi) is 5.60. The Morgan fingerprint density at radius 2 is 1.33 bits per heavy atom. The second-order valence-electron chi connectivity index (χ2n) is 6.16. The van der Waals surface area contributed by atoms with E-state index in [0.717, 1.165) is 64.2 Å². The van der Waals surface area contributed by atoms with Crippen LogP contribution in [0, 0.1) is 0 Å². The summed E-state index contributed by atoms with van der Waals surface area (Å²) < 4.78 is 44.6. The van der Waals surface area contributed by atoms with Gasteiger partial charge in [-0.25, -0.2) is 4.39 Å². The van der Waals surface area contributed by atoms with Crippen molar-refractivity contribution < 1.29 is 22.2 Å². The average Bonchev–Trinajstić information content (AvgIpc) is 2.48. The van der Waals surface area contributed by atoms with E-state index in [9.17, 15) is 17.6 Å². The van der Waals surface area contributed by atoms with Gasteiger partial charge in [0, 0.05) is 12.1 Å². The van der Waals surface area contributed by atoms with Gasteiger partial charge in [0.15, 0.2) is 0 Å². The van der Waals surface area contributed by atoms with E-state index in [2.05, 4.69) is 0 Å². The van der Waals surface area contributed by atoms with E-state index in [-0.39, 0.29) is 12.1 Å². The zero-order valence-corrected chi connectivity index (χ0v) is 13.0. The predicted octanol–water partition coefficient (Wildman–Crippen LogP) is 2.66. The monoisotopic (exact) mass is 321 g/mol. The van der Waals surface area contributed by atoms with Gasteiger partial charge >= 0.3 is 15.6 Å². The fourth-order valence-corrected chi connectivity index (χ4v) is 4.00. The summed E-state index contributed by atoms with van der Waals surface area (Å²) in [5.41, 5.74) is -2.85. The van der Waals surface area contributed by atoms with Gasteiger partial charge in [-0.3, -0.25) is 9.35 Å². The highest BCUT2D eigenvalue weighted by molar-refractivity contribution is 7.87. The summed E-state index contributed by atoms with van der Waals surface area (Å²) in [5, 5.41) is 0. The molecule has 0 spiro atoms. The Labute approximate surface area is 125 Å². The molecule has 2 rings (SSSR count). The summed E-state index contributed by atoms with van der Waals surface area (Å²) in [6, 6.07) is -0.177. The van der Waals surface area contributed by atoms with Crippen LogP contribution in [-0.4, -0.2) is 41.4 Å². The Hall–Kier alpha value is -0.690. The first-order chi connectivity index (χ1) is 9.91. The van der Waals surface area contributed by atoms with Crippen LogP contribution in [0.25, 0.3) is 0 Å². The van der Waals surface area contributed by atoms with Crippen LogP contribution in [0.2, 0.25) is 0 Å². The zero-order valence-electron chi connectivity index (χ0n) is 12.2. The molecule has 5 nitrogen and oxygen atoms in total. The molecule has 0 aliphatic heterocycles. The Morgan fingerprint density at radius 3 is 1.67 bits per heavy atom. The lowest BCUT2D eigenvalue weighted by Crippen LogP contribution is -2.52. The first kappa shape index (κ1) is 16.7. The second kappa shape index (κ2) is 7.05. The van der Waals surface area contributed by atoms with E-state index in [0.29, 0.717) is 0 Å². The van der Waals surface area contributed by atoms with Crippen LogP contribution >= 0.6 is 0 Å². The highest BCUT2D eigenvalue weighted by Crippen LogP contribution is 2.31. The van der Waals surface area contributed by atoms with Crippen molar-refractivity contribution in [3.63, 3.8) is 0 Å². The molecule has 122 valence electrons. The van der Waals surface area contributed by atoms with Crippen molar-refractivity contribution in [3.05, 3.63) is 0 Å². The maximum Gasteiger partial charge on any atom is 0.307 e. The van der Waals surface area contributed by atoms with Gasteiger partial charge in [-0.1, -0.05) is 38.5 Å². The molecular formula is C14H24FNO4S. The highest BCUT2D eigenvalue weighted by atomic mass is 32.2. The van der Waals surface area contributed by atoms with Crippen molar-refractivity contribution in [1.29, 1.82) is 0 Å². The van der Waals surface area contributed by atoms with Crippen LogP contribution in [0.15, 0.2) is 0 Å². The van der Waals surface area contributed by atoms with Crippen molar-refractivity contribution in [1.82, 2.24) is 4.90 Å². The summed E-state index contributed by atoms with van der Waals surface area (Å²) in [7, 11) is -4.98. The molecule has 0 heterocycles. The van der Waals surface area contributed by atoms with Gasteiger partial charge in [0.25, 0.3) is 5.91 Å². The molecule has 0 radical (unpaired) electrons. The topological polar surface area (TPSA) is 74.7 Å². The lowest BCUT2D eigenvalue weighted by molar-refractivity contribution is -0.140. The minimum Gasteiger partial charge on any atom is -0.333 e. The molecule has 1 N–H and O–H groups in total. The third-order valence-corrected chi connectivity index (χ3v) is 5.37. The number of carbonyl (C=O) groups excluding carboxylic acids is 1. The Bertz CT molecular complexity index is 438. The maximum absolute atomic E-state index is 13.8. The summed E-state index contributed by atoms with van der Waals surface area (Å²) in [4.78, 5) is 13.8. The van der Waals surface area contributed by atoms with Crippen LogP contribution in [0.5, 0.6) is 0 Å². The molecule has 0 aromatic carbocycles. The van der Waals surface area contributed by atoms with E-state index in [1.807, 2.05) is 0 Å². The molecule has 7 heteroatoms. The fourth-order valence-electron chi connectivity index (χ4n) is 3.62. The van der Waals surface area contributed by atoms with Crippen molar-refractivity contribution in [2.24, 2.45) is 0 Å². The van der Waals surface area contributed by atoms with Crippen LogP contribution in [0.1, 0.15) is 64.2 Å². The van der Waals surface area contributed by atoms with Crippen LogP contribution in [0.3, 0.4) is 0 Å². The second-order valence-corrected chi connectivity index (χ2v) is 7.60. The molecule has 1 amide bonds. The van der Waals surface area contributed by atoms with Gasteiger partial charge in [0.1, 0.15) is 0 Å². The minimum absolute atomic E-state index is 0.0886. The summed E-state index contributed by atoms with van der Waals surface area (Å²) in [6.07, 6.45) is 9.27. The molecule has 0 saturated heterocycles. The Balaban J connectivity index is 2.19. The van der Waals surface area contributed by atoms with Crippen LogP contribution in [-0.2, 0) is 14.9 Å². The molecule has 2 aliphatic carbocycles. The molecule has 0 aromatic heterocycles. The van der Waals surface area contributed by atoms with Gasteiger partial charge in [-0.2, -0.15) is 8.42 Å². The fraction of sp³-hybridized carbons (Fsp3) is 0.929. The van der Waals surface area contributed by atoms with Crippen molar-refractivity contribution in [3.8, 4) is 0 Å². The first-order valence-corrected chi connectivity index (χ1v) is 9.34. The number of amides is 1. The molecule has 2 fully saturated rings. The molecule has 0 aromatic rings. The van der Waals surface area contributed by atoms with Crippen molar-refractivity contribution in [2.45, 2.75) is 81.8 Å². The predicted molar refractivity (Wildman–Crippen MR) is 77.0 cm³/mol. The lowest BCUT2D eigenvalue weighted by Gasteiger charge is -2.42. The quantitative estimate of drug-likeness (QED) is 0.808. The average molecular weight is 321 g/mol. The van der Waals surface area contributed by atoms with E-state index in [1.54, 1.807) is 0 Å². The maximum atomic E-state index is 13.8. The third-order valence-electron chi connectivity index (χ3n) is 4.65. The summed E-state index contributed by atoms with van der Waals surface area (Å²) >= 11 is 0. The number of hydrogen-bond acceptors (Lipinski definition) is 3. The van der Waals surface area contributed by atoms with Crippen LogP contribution < -0.4 is 0 Å². The largest absolute Gasteiger partial charge is 0.333 e. The first-order valence-electron chi connectivity index (χ1n) is 7.84. The zero-order chi connectivity index (χ0) is 15.5. The highest BCUT2D eigenvalue weighted by Gasteiger charge is 2.41. The molecule has 21 heavy (non-hydrogen) atoms. The minimum atomic E-state index is -4.98. The Morgan fingerprint density at radius 1 is 0.952 bits per heavy atom. The van der Waals surface area contributed by atoms with E-state index in [1.165, 1.54) is 4.90 Å². The van der Waals surface area contributed by atoms with Crippen LogP contribution in [0.4, 0.5) is 4.39 Å². The molecule has 1 atom stereocenters. The normalized spacial score (nSPS) is 23.7. The number of halogens is 1. The number of rotatable bonds is 4. The van der Waals surface area contributed by atoms with E-state index in [4.69, 9.17) is 4.55 Å². The smallest absolute Gasteiger partial charge is 0.307 e. The standard InChI is InChI=1S/C14H24FNO4S/c15-13(21(18,19)20)14(17)16(11-7-3-1-4-8-11)12-9-5-2-6-10-12/h11-13H,1-10H2,(H,18,19,20). The lowest BCUT2D eigenvalue weighted by atomic mass is 9.88. The molecule has 2 saturated carbocycles. The SMILES string of the molecule is O=C(C(F)S(=O)(=O)O)N(C1CCCCC1)C1CCCCC1. The third kappa shape index (κ3) is 4.16. The molecule has 0 bridgehead atoms. The van der Waals surface area contributed by atoms with Gasteiger partial charge in [-0.05, 0) is 25.7 Å². The van der Waals surface area contributed by atoms with Gasteiger partial charge in [0.2, 0.25) is 0 Å². The number of nitrogens with zero attached hydrogens (tertiary/aromatic N) is 1. The summed E-state index contributed by atoms with van der Waals surface area (Å²) in [5.74, 6) is -1.07. The molecular weight excluding hydrogens is 297 g/mol. The van der Waals surface area contributed by atoms with E-state index < -0.39 is 21.5 Å². The van der Waals surface area contributed by atoms with E-state index >= 15 is 0 Å². The molecule has 1 unspecified atom stereocenters. The molecule has 2 aliphatic rings. The van der Waals surface area contributed by atoms with Crippen molar-refractivity contribution in [2.75, 3.05) is 0 Å².